The number of carbonyl (C=O) groups excluding carboxylic acids is 2. The van der Waals surface area contributed by atoms with E-state index in [1.165, 1.54) is 30.7 Å². The summed E-state index contributed by atoms with van der Waals surface area (Å²) < 4.78 is 13.7. The van der Waals surface area contributed by atoms with Crippen molar-refractivity contribution >= 4 is 28.4 Å². The van der Waals surface area contributed by atoms with Gasteiger partial charge in [0.25, 0.3) is 5.91 Å². The van der Waals surface area contributed by atoms with Gasteiger partial charge in [0.15, 0.2) is 0 Å². The van der Waals surface area contributed by atoms with E-state index in [1.807, 2.05) is 12.1 Å². The zero-order valence-electron chi connectivity index (χ0n) is 21.4. The second kappa shape index (κ2) is 11.3. The number of piperazine rings is 1. The smallest absolute Gasteiger partial charge is 0.268 e. The molecule has 2 aromatic carbocycles. The molecule has 1 unspecified atom stereocenters. The molecule has 1 saturated carbocycles. The second-order valence-electron chi connectivity index (χ2n) is 10.3. The van der Waals surface area contributed by atoms with Crippen LogP contribution in [0.3, 0.4) is 0 Å². The van der Waals surface area contributed by atoms with E-state index < -0.39 is 6.04 Å². The maximum absolute atomic E-state index is 13.7. The van der Waals surface area contributed by atoms with E-state index in [4.69, 9.17) is 0 Å². The van der Waals surface area contributed by atoms with E-state index in [9.17, 15) is 14.0 Å². The van der Waals surface area contributed by atoms with Gasteiger partial charge in [0, 0.05) is 49.3 Å². The fourth-order valence-electron chi connectivity index (χ4n) is 5.10. The normalized spacial score (nSPS) is 16.5. The van der Waals surface area contributed by atoms with E-state index in [1.54, 1.807) is 13.0 Å². The minimum atomic E-state index is -0.631. The quantitative estimate of drug-likeness (QED) is 0.335. The number of aromatic amines is 1. The Morgan fingerprint density at radius 2 is 1.86 bits per heavy atom. The van der Waals surface area contributed by atoms with Gasteiger partial charge in [-0.25, -0.2) is 4.39 Å². The maximum atomic E-state index is 13.7. The summed E-state index contributed by atoms with van der Waals surface area (Å²) in [7, 11) is 0. The largest absolute Gasteiger partial charge is 0.369 e. The first-order valence-corrected chi connectivity index (χ1v) is 13.4. The van der Waals surface area contributed by atoms with E-state index in [0.29, 0.717) is 35.1 Å². The van der Waals surface area contributed by atoms with Gasteiger partial charge in [0.05, 0.1) is 0 Å². The summed E-state index contributed by atoms with van der Waals surface area (Å²) in [6.07, 6.45) is 5.08. The molecule has 5 rings (SSSR count). The molecule has 3 aromatic rings. The van der Waals surface area contributed by atoms with Crippen LogP contribution in [-0.4, -0.2) is 49.0 Å². The third-order valence-corrected chi connectivity index (χ3v) is 7.56. The van der Waals surface area contributed by atoms with Gasteiger partial charge >= 0.3 is 0 Å². The Morgan fingerprint density at radius 3 is 2.59 bits per heavy atom. The first kappa shape index (κ1) is 25.3. The number of aromatic nitrogens is 1. The van der Waals surface area contributed by atoms with Gasteiger partial charge in [-0.1, -0.05) is 37.8 Å². The topological polar surface area (TPSA) is 89.3 Å². The number of rotatable bonds is 10. The number of hydrogen-bond acceptors (Lipinski definition) is 4. The zero-order valence-corrected chi connectivity index (χ0v) is 21.4. The number of H-pyrrole nitrogens is 1. The fraction of sp³-hybridized carbons (Fsp3) is 0.448. The van der Waals surface area contributed by atoms with Crippen molar-refractivity contribution in [3.8, 4) is 0 Å². The van der Waals surface area contributed by atoms with Crippen LogP contribution in [0.15, 0.2) is 42.5 Å². The SMILES string of the molecule is Cc1c(C(=O)NC(CCCC2CC2)C(=O)NCc2ccc(N3CCNCC3)cc2)[nH]c2ccc(F)cc12. The van der Waals surface area contributed by atoms with Crippen molar-refractivity contribution in [3.05, 3.63) is 65.1 Å². The first-order valence-electron chi connectivity index (χ1n) is 13.4. The number of fused-ring (bicyclic) bond motifs is 1. The Morgan fingerprint density at radius 1 is 1.11 bits per heavy atom. The van der Waals surface area contributed by atoms with E-state index in [-0.39, 0.29) is 17.6 Å². The number of nitrogens with one attached hydrogen (secondary N) is 4. The molecule has 1 atom stereocenters. The van der Waals surface area contributed by atoms with Crippen LogP contribution in [0.2, 0.25) is 0 Å². The molecule has 1 saturated heterocycles. The van der Waals surface area contributed by atoms with Crippen LogP contribution in [0, 0.1) is 18.7 Å². The van der Waals surface area contributed by atoms with Crippen molar-refractivity contribution in [2.24, 2.45) is 5.92 Å². The lowest BCUT2D eigenvalue weighted by atomic mass is 10.1. The highest BCUT2D eigenvalue weighted by Gasteiger charge is 2.26. The molecule has 2 amide bonds. The number of nitrogens with zero attached hydrogens (tertiary/aromatic N) is 1. The fourth-order valence-corrected chi connectivity index (χ4v) is 5.10. The van der Waals surface area contributed by atoms with Gasteiger partial charge in [-0.15, -0.1) is 0 Å². The van der Waals surface area contributed by atoms with Gasteiger partial charge in [0.1, 0.15) is 17.6 Å². The summed E-state index contributed by atoms with van der Waals surface area (Å²) in [5.41, 5.74) is 3.94. The second-order valence-corrected chi connectivity index (χ2v) is 10.3. The number of amides is 2. The number of anilines is 1. The zero-order chi connectivity index (χ0) is 25.8. The highest BCUT2D eigenvalue weighted by Crippen LogP contribution is 2.34. The lowest BCUT2D eigenvalue weighted by Gasteiger charge is -2.29. The lowest BCUT2D eigenvalue weighted by molar-refractivity contribution is -0.123. The highest BCUT2D eigenvalue weighted by molar-refractivity contribution is 6.02. The molecule has 1 aliphatic carbocycles. The summed E-state index contributed by atoms with van der Waals surface area (Å²) in [5, 5.41) is 10.00. The average Bonchev–Trinajstić information content (AvgIpc) is 3.69. The molecule has 0 bridgehead atoms. The monoisotopic (exact) mass is 505 g/mol. The number of halogens is 1. The van der Waals surface area contributed by atoms with Crippen molar-refractivity contribution < 1.29 is 14.0 Å². The predicted octanol–water partition coefficient (Wildman–Crippen LogP) is 4.02. The molecule has 1 aromatic heterocycles. The molecule has 196 valence electrons. The first-order chi connectivity index (χ1) is 18.0. The molecule has 0 radical (unpaired) electrons. The van der Waals surface area contributed by atoms with Gasteiger partial charge in [-0.05, 0) is 60.7 Å². The molecule has 37 heavy (non-hydrogen) atoms. The third kappa shape index (κ3) is 6.31. The Labute approximate surface area is 217 Å². The van der Waals surface area contributed by atoms with Crippen LogP contribution >= 0.6 is 0 Å². The Kier molecular flexibility index (Phi) is 7.74. The number of aryl methyl sites for hydroxylation is 1. The van der Waals surface area contributed by atoms with Crippen molar-refractivity contribution in [3.63, 3.8) is 0 Å². The van der Waals surface area contributed by atoms with Crippen molar-refractivity contribution in [2.45, 2.75) is 51.6 Å². The number of carbonyl (C=O) groups is 2. The van der Waals surface area contributed by atoms with Gasteiger partial charge in [0.2, 0.25) is 5.91 Å². The maximum Gasteiger partial charge on any atom is 0.268 e. The van der Waals surface area contributed by atoms with Crippen molar-refractivity contribution in [1.29, 1.82) is 0 Å². The van der Waals surface area contributed by atoms with Crippen molar-refractivity contribution in [1.82, 2.24) is 20.9 Å². The minimum absolute atomic E-state index is 0.185. The van der Waals surface area contributed by atoms with Gasteiger partial charge in [-0.2, -0.15) is 0 Å². The molecular weight excluding hydrogens is 469 g/mol. The Hall–Kier alpha value is -3.39. The van der Waals surface area contributed by atoms with Crippen LogP contribution < -0.4 is 20.9 Å². The van der Waals surface area contributed by atoms with Crippen LogP contribution in [-0.2, 0) is 11.3 Å². The summed E-state index contributed by atoms with van der Waals surface area (Å²) in [6.45, 7) is 6.15. The third-order valence-electron chi connectivity index (χ3n) is 7.56. The molecule has 1 aliphatic heterocycles. The van der Waals surface area contributed by atoms with Crippen LogP contribution in [0.4, 0.5) is 10.1 Å². The molecule has 2 aliphatic rings. The summed E-state index contributed by atoms with van der Waals surface area (Å²) in [6, 6.07) is 12.1. The standard InChI is InChI=1S/C29H36FN5O2/c1-19-24-17-22(30)9-12-25(24)33-27(19)29(37)34-26(4-2-3-20-5-6-20)28(36)32-18-21-7-10-23(11-8-21)35-15-13-31-14-16-35/h7-12,17,20,26,31,33H,2-6,13-16,18H2,1H3,(H,32,36)(H,34,37). The summed E-state index contributed by atoms with van der Waals surface area (Å²) in [5.74, 6) is -0.115. The Bertz CT molecular complexity index is 1250. The number of hydrogen-bond donors (Lipinski definition) is 4. The molecule has 4 N–H and O–H groups in total. The highest BCUT2D eigenvalue weighted by atomic mass is 19.1. The van der Waals surface area contributed by atoms with E-state index >= 15 is 0 Å². The summed E-state index contributed by atoms with van der Waals surface area (Å²) >= 11 is 0. The minimum Gasteiger partial charge on any atom is -0.369 e. The predicted molar refractivity (Wildman–Crippen MR) is 144 cm³/mol. The average molecular weight is 506 g/mol. The van der Waals surface area contributed by atoms with Gasteiger partial charge < -0.3 is 25.8 Å². The van der Waals surface area contributed by atoms with E-state index in [0.717, 1.165) is 50.5 Å². The molecule has 2 heterocycles. The van der Waals surface area contributed by atoms with Gasteiger partial charge in [-0.3, -0.25) is 9.59 Å². The molecule has 7 nitrogen and oxygen atoms in total. The summed E-state index contributed by atoms with van der Waals surface area (Å²) in [4.78, 5) is 31.8. The van der Waals surface area contributed by atoms with Crippen molar-refractivity contribution in [2.75, 3.05) is 31.1 Å². The molecule has 0 spiro atoms. The van der Waals surface area contributed by atoms with Crippen LogP contribution in [0.1, 0.15) is 53.7 Å². The molecular formula is C29H36FN5O2. The lowest BCUT2D eigenvalue weighted by Crippen LogP contribution is -2.46. The number of benzene rings is 2. The van der Waals surface area contributed by atoms with Crippen LogP contribution in [0.25, 0.3) is 10.9 Å². The van der Waals surface area contributed by atoms with E-state index in [2.05, 4.69) is 38.0 Å². The molecule has 8 heteroatoms. The Balaban J connectivity index is 1.22. The molecule has 2 fully saturated rings. The van der Waals surface area contributed by atoms with Crippen LogP contribution in [0.5, 0.6) is 0 Å².